The van der Waals surface area contributed by atoms with Crippen LogP contribution in [-0.2, 0) is 32.1 Å². The van der Waals surface area contributed by atoms with Crippen LogP contribution < -0.4 is 5.32 Å². The topological polar surface area (TPSA) is 67.9 Å². The molecule has 0 radical (unpaired) electrons. The van der Waals surface area contributed by atoms with Gasteiger partial charge in [-0.05, 0) is 24.0 Å². The zero-order valence-corrected chi connectivity index (χ0v) is 15.0. The molecule has 2 fully saturated rings. The predicted molar refractivity (Wildman–Crippen MR) is 95.4 cm³/mol. The second-order valence-corrected chi connectivity index (χ2v) is 7.44. The Labute approximate surface area is 153 Å². The molecule has 0 bridgehead atoms. The molecule has 0 aliphatic carbocycles. The molecule has 3 heterocycles. The molecule has 1 aromatic carbocycles. The molecule has 1 N–H and O–H groups in total. The SMILES string of the molecule is O=C(NCC1Cc2ccccc2CO1)C1CC(=O)N(C2CCOCC2)C1. The predicted octanol–water partition coefficient (Wildman–Crippen LogP) is 1.27. The van der Waals surface area contributed by atoms with Crippen molar-refractivity contribution in [3.63, 3.8) is 0 Å². The number of hydrogen-bond donors (Lipinski definition) is 1. The fourth-order valence-electron chi connectivity index (χ4n) is 4.16. The third-order valence-corrected chi connectivity index (χ3v) is 5.71. The van der Waals surface area contributed by atoms with Crippen molar-refractivity contribution >= 4 is 11.8 Å². The minimum absolute atomic E-state index is 0.00227. The molecule has 1 aromatic rings. The number of fused-ring (bicyclic) bond motifs is 1. The van der Waals surface area contributed by atoms with Gasteiger partial charge in [0, 0.05) is 45.2 Å². The van der Waals surface area contributed by atoms with Crippen molar-refractivity contribution in [2.24, 2.45) is 5.92 Å². The molecule has 4 rings (SSSR count). The Morgan fingerprint density at radius 2 is 1.92 bits per heavy atom. The van der Waals surface area contributed by atoms with Crippen molar-refractivity contribution in [1.29, 1.82) is 0 Å². The molecule has 26 heavy (non-hydrogen) atoms. The summed E-state index contributed by atoms with van der Waals surface area (Å²) in [6, 6.07) is 8.49. The smallest absolute Gasteiger partial charge is 0.225 e. The van der Waals surface area contributed by atoms with Gasteiger partial charge in [0.1, 0.15) is 0 Å². The van der Waals surface area contributed by atoms with Gasteiger partial charge < -0.3 is 19.7 Å². The van der Waals surface area contributed by atoms with E-state index in [9.17, 15) is 9.59 Å². The van der Waals surface area contributed by atoms with Crippen LogP contribution in [-0.4, -0.2) is 55.2 Å². The lowest BCUT2D eigenvalue weighted by atomic mass is 9.99. The number of benzene rings is 1. The molecule has 2 amide bonds. The molecule has 6 heteroatoms. The Balaban J connectivity index is 1.27. The summed E-state index contributed by atoms with van der Waals surface area (Å²) in [6.45, 7) is 3.02. The quantitative estimate of drug-likeness (QED) is 0.880. The van der Waals surface area contributed by atoms with E-state index < -0.39 is 0 Å². The molecule has 6 nitrogen and oxygen atoms in total. The Morgan fingerprint density at radius 3 is 2.73 bits per heavy atom. The normalized spacial score (nSPS) is 26.6. The average molecular weight is 358 g/mol. The number of carbonyl (C=O) groups is 2. The first kappa shape index (κ1) is 17.5. The van der Waals surface area contributed by atoms with Crippen LogP contribution in [0.1, 0.15) is 30.4 Å². The zero-order chi connectivity index (χ0) is 17.9. The van der Waals surface area contributed by atoms with Gasteiger partial charge in [-0.25, -0.2) is 0 Å². The summed E-state index contributed by atoms with van der Waals surface area (Å²) < 4.78 is 11.2. The summed E-state index contributed by atoms with van der Waals surface area (Å²) in [7, 11) is 0. The lowest BCUT2D eigenvalue weighted by Crippen LogP contribution is -2.42. The molecular weight excluding hydrogens is 332 g/mol. The fraction of sp³-hybridized carbons (Fsp3) is 0.600. The second-order valence-electron chi connectivity index (χ2n) is 7.44. The Bertz CT molecular complexity index is 672. The van der Waals surface area contributed by atoms with Gasteiger partial charge in [0.15, 0.2) is 0 Å². The molecule has 2 atom stereocenters. The average Bonchev–Trinajstić information content (AvgIpc) is 3.08. The standard InChI is InChI=1S/C20H26N2O4/c23-19-10-16(12-22(19)17-5-7-25-8-6-17)20(24)21-11-18-9-14-3-1-2-4-15(14)13-26-18/h1-4,16-18H,5-13H2,(H,21,24). The maximum absolute atomic E-state index is 12.5. The van der Waals surface area contributed by atoms with Gasteiger partial charge in [0.25, 0.3) is 0 Å². The molecule has 140 valence electrons. The van der Waals surface area contributed by atoms with E-state index >= 15 is 0 Å². The molecule has 2 saturated heterocycles. The van der Waals surface area contributed by atoms with Crippen molar-refractivity contribution in [1.82, 2.24) is 10.2 Å². The van der Waals surface area contributed by atoms with E-state index in [0.29, 0.717) is 39.3 Å². The molecule has 3 aliphatic heterocycles. The highest BCUT2D eigenvalue weighted by Gasteiger charge is 2.38. The lowest BCUT2D eigenvalue weighted by molar-refractivity contribution is -0.131. The van der Waals surface area contributed by atoms with Crippen LogP contribution in [0, 0.1) is 5.92 Å². The van der Waals surface area contributed by atoms with E-state index in [0.717, 1.165) is 19.3 Å². The summed E-state index contributed by atoms with van der Waals surface area (Å²) in [5.41, 5.74) is 2.52. The summed E-state index contributed by atoms with van der Waals surface area (Å²) in [5, 5.41) is 3.00. The van der Waals surface area contributed by atoms with Gasteiger partial charge >= 0.3 is 0 Å². The number of nitrogens with zero attached hydrogens (tertiary/aromatic N) is 1. The van der Waals surface area contributed by atoms with E-state index in [2.05, 4.69) is 17.4 Å². The van der Waals surface area contributed by atoms with Gasteiger partial charge in [-0.1, -0.05) is 24.3 Å². The highest BCUT2D eigenvalue weighted by atomic mass is 16.5. The maximum Gasteiger partial charge on any atom is 0.225 e. The number of carbonyl (C=O) groups excluding carboxylic acids is 2. The zero-order valence-electron chi connectivity index (χ0n) is 15.0. The van der Waals surface area contributed by atoms with Crippen molar-refractivity contribution in [2.75, 3.05) is 26.3 Å². The third kappa shape index (κ3) is 3.76. The number of amides is 2. The molecule has 3 aliphatic rings. The summed E-state index contributed by atoms with van der Waals surface area (Å²) in [6.07, 6.45) is 2.87. The van der Waals surface area contributed by atoms with Gasteiger partial charge in [0.05, 0.1) is 18.6 Å². The minimum Gasteiger partial charge on any atom is -0.381 e. The highest BCUT2D eigenvalue weighted by Crippen LogP contribution is 2.25. The third-order valence-electron chi connectivity index (χ3n) is 5.71. The van der Waals surface area contributed by atoms with E-state index in [1.807, 2.05) is 17.0 Å². The number of likely N-dealkylation sites (tertiary alicyclic amines) is 1. The van der Waals surface area contributed by atoms with E-state index in [-0.39, 0.29) is 29.9 Å². The largest absolute Gasteiger partial charge is 0.381 e. The minimum atomic E-state index is -0.249. The second kappa shape index (κ2) is 7.76. The first-order valence-electron chi connectivity index (χ1n) is 9.54. The van der Waals surface area contributed by atoms with Crippen LogP contribution in [0.4, 0.5) is 0 Å². The van der Waals surface area contributed by atoms with E-state index in [4.69, 9.17) is 9.47 Å². The van der Waals surface area contributed by atoms with Gasteiger partial charge in [-0.2, -0.15) is 0 Å². The van der Waals surface area contributed by atoms with Crippen LogP contribution in [0.15, 0.2) is 24.3 Å². The molecular formula is C20H26N2O4. The number of rotatable bonds is 4. The van der Waals surface area contributed by atoms with E-state index in [1.165, 1.54) is 11.1 Å². The van der Waals surface area contributed by atoms with Gasteiger partial charge in [-0.15, -0.1) is 0 Å². The molecule has 2 unspecified atom stereocenters. The summed E-state index contributed by atoms with van der Waals surface area (Å²) in [4.78, 5) is 26.7. The molecule has 0 aromatic heterocycles. The lowest BCUT2D eigenvalue weighted by Gasteiger charge is -2.31. The monoisotopic (exact) mass is 358 g/mol. The summed E-state index contributed by atoms with van der Waals surface area (Å²) >= 11 is 0. The van der Waals surface area contributed by atoms with E-state index in [1.54, 1.807) is 0 Å². The number of nitrogens with one attached hydrogen (secondary N) is 1. The van der Waals surface area contributed by atoms with Crippen molar-refractivity contribution in [3.8, 4) is 0 Å². The molecule has 0 saturated carbocycles. The van der Waals surface area contributed by atoms with Gasteiger partial charge in [0.2, 0.25) is 11.8 Å². The Morgan fingerprint density at radius 1 is 1.15 bits per heavy atom. The first-order chi connectivity index (χ1) is 12.7. The van der Waals surface area contributed by atoms with Crippen molar-refractivity contribution < 1.29 is 19.1 Å². The van der Waals surface area contributed by atoms with Crippen LogP contribution in [0.2, 0.25) is 0 Å². The van der Waals surface area contributed by atoms with Crippen molar-refractivity contribution in [2.45, 2.75) is 44.4 Å². The first-order valence-corrected chi connectivity index (χ1v) is 9.54. The fourth-order valence-corrected chi connectivity index (χ4v) is 4.16. The van der Waals surface area contributed by atoms with Crippen molar-refractivity contribution in [3.05, 3.63) is 35.4 Å². The number of hydrogen-bond acceptors (Lipinski definition) is 4. The maximum atomic E-state index is 12.5. The molecule has 0 spiro atoms. The Hall–Kier alpha value is -1.92. The number of ether oxygens (including phenoxy) is 2. The van der Waals surface area contributed by atoms with Crippen LogP contribution in [0.25, 0.3) is 0 Å². The van der Waals surface area contributed by atoms with Gasteiger partial charge in [-0.3, -0.25) is 9.59 Å². The van der Waals surface area contributed by atoms with Crippen LogP contribution in [0.3, 0.4) is 0 Å². The Kier molecular flexibility index (Phi) is 5.22. The summed E-state index contributed by atoms with van der Waals surface area (Å²) in [5.74, 6) is -0.184. The van der Waals surface area contributed by atoms with Crippen LogP contribution in [0.5, 0.6) is 0 Å². The van der Waals surface area contributed by atoms with Crippen LogP contribution >= 0.6 is 0 Å². The highest BCUT2D eigenvalue weighted by molar-refractivity contribution is 5.89.